The van der Waals surface area contributed by atoms with Gasteiger partial charge in [-0.25, -0.2) is 19.3 Å². The number of alkyl carbamates (subject to hydrolysis) is 1. The van der Waals surface area contributed by atoms with Crippen LogP contribution in [0.5, 0.6) is 17.2 Å². The zero-order valence-corrected chi connectivity index (χ0v) is 77.1. The lowest BCUT2D eigenvalue weighted by atomic mass is 9.87. The second-order valence-electron chi connectivity index (χ2n) is 34.7. The Morgan fingerprint density at radius 1 is 0.462 bits per heavy atom. The third-order valence-corrected chi connectivity index (χ3v) is 21.0. The van der Waals surface area contributed by atoms with Crippen molar-refractivity contribution in [3.05, 3.63) is 256 Å². The predicted molar refractivity (Wildman–Crippen MR) is 494 cm³/mol. The van der Waals surface area contributed by atoms with E-state index < -0.39 is 53.0 Å². The van der Waals surface area contributed by atoms with Crippen molar-refractivity contribution < 1.29 is 65.9 Å². The van der Waals surface area contributed by atoms with Crippen molar-refractivity contribution in [2.24, 2.45) is 40.0 Å². The molecular formula is C101H120F3N15O11. The second-order valence-corrected chi connectivity index (χ2v) is 34.7. The summed E-state index contributed by atoms with van der Waals surface area (Å²) < 4.78 is 80.8. The maximum absolute atomic E-state index is 13.6. The van der Waals surface area contributed by atoms with Crippen LogP contribution in [0.2, 0.25) is 0 Å². The van der Waals surface area contributed by atoms with E-state index in [0.717, 1.165) is 120 Å². The van der Waals surface area contributed by atoms with Gasteiger partial charge in [-0.15, -0.1) is 20.4 Å². The van der Waals surface area contributed by atoms with Crippen LogP contribution in [0, 0.1) is 37.5 Å². The lowest BCUT2D eigenvalue weighted by molar-refractivity contribution is -0.155. The highest BCUT2D eigenvalue weighted by Gasteiger charge is 2.39. The number of nitrogens with one attached hydrogen (secondary N) is 2. The van der Waals surface area contributed by atoms with Gasteiger partial charge in [-0.05, 0) is 256 Å². The molecule has 5 aromatic heterocycles. The molecule has 2 amide bonds. The van der Waals surface area contributed by atoms with Crippen LogP contribution >= 0.6 is 0 Å². The van der Waals surface area contributed by atoms with Gasteiger partial charge in [-0.3, -0.25) is 29.0 Å². The third kappa shape index (κ3) is 31.2. The second kappa shape index (κ2) is 47.0. The zero-order chi connectivity index (χ0) is 93.7. The van der Waals surface area contributed by atoms with Crippen LogP contribution in [-0.2, 0) is 101 Å². The van der Waals surface area contributed by atoms with Crippen molar-refractivity contribution >= 4 is 29.9 Å². The minimum atomic E-state index is -4.76. The average Bonchev–Trinajstić information content (AvgIpc) is 1.00. The van der Waals surface area contributed by atoms with Gasteiger partial charge >= 0.3 is 30.3 Å². The first-order valence-corrected chi connectivity index (χ1v) is 44.0. The lowest BCUT2D eigenvalue weighted by Gasteiger charge is -2.29. The fourth-order valence-electron chi connectivity index (χ4n) is 14.5. The molecule has 4 atom stereocenters. The minimum absolute atomic E-state index is 0.0345. The van der Waals surface area contributed by atoms with Crippen LogP contribution in [-0.4, -0.2) is 136 Å². The fourth-order valence-corrected chi connectivity index (χ4v) is 14.5. The highest BCUT2D eigenvalue weighted by atomic mass is 19.4. The standard InChI is InChI=1S/C27H33N3O3.C24H31F3N2O5.C18H19N3.C17H17N3O.C15H20N4O2/c1-19(2)32-27(31)22-10-7-11-24(18-22)33-23-15-13-21(14-16-23)26-25(30(3)29-28-26)17-12-20-8-5-4-6-9-20;1-15(2)32-21(30)16-8-6-10-18(14-16)33-19-12-11-17(29-20(19)24(25,26)27)9-7-13-28-22(31)34-23(3,4)5;1-14-8-11-16(12-9-14)18-17(21(2)20-19-18)13-10-15-6-4-3-5-7-15;1-20-16(12-7-13-5-3-2-4-6-13)17(18-19-20)14-8-10-15(21)11-9-14;1-10-6-8-11(9-7-10)12-13(19(5)18-17-12)16-14(20)21-15(2,3)4/h4-6,8-9,13-16,19,22,24H,7,10-12,17-18H2,1-3H3;11-12,15-16,18H,6,8,10,13-14H2,1-5H3,(H,28,31);3-9,11-12H,10,13H2,1-2H3;2-6,8-11,21H,7,12H2,1H3;6-9H,1-5H3,(H,16,20)/t22-,24?;16-,18-;;;/m00.../s1. The van der Waals surface area contributed by atoms with Crippen molar-refractivity contribution in [3.63, 3.8) is 0 Å². The van der Waals surface area contributed by atoms with Gasteiger partial charge in [0, 0.05) is 50.4 Å². The van der Waals surface area contributed by atoms with Crippen LogP contribution < -0.4 is 20.1 Å². The Morgan fingerprint density at radius 3 is 1.25 bits per heavy atom. The van der Waals surface area contributed by atoms with Crippen LogP contribution in [0.25, 0.3) is 45.0 Å². The Morgan fingerprint density at radius 2 is 0.838 bits per heavy atom. The van der Waals surface area contributed by atoms with E-state index in [2.05, 4.69) is 173 Å². The monoisotopic (exact) mass is 1780 g/mol. The molecule has 686 valence electrons. The van der Waals surface area contributed by atoms with Gasteiger partial charge in [0.15, 0.2) is 17.3 Å². The highest BCUT2D eigenvalue weighted by molar-refractivity contribution is 5.89. The number of hydrogen-bond donors (Lipinski definition) is 3. The number of rotatable bonds is 23. The fraction of sp³-hybridized carbons (Fsp3) is 0.396. The van der Waals surface area contributed by atoms with Gasteiger partial charge in [0.25, 0.3) is 0 Å². The molecule has 0 radical (unpaired) electrons. The summed E-state index contributed by atoms with van der Waals surface area (Å²) in [5.41, 5.74) is 14.7. The number of anilines is 1. The van der Waals surface area contributed by atoms with E-state index in [1.165, 1.54) is 44.8 Å². The summed E-state index contributed by atoms with van der Waals surface area (Å²) in [5.74, 6) is 5.28. The van der Waals surface area contributed by atoms with E-state index in [1.54, 1.807) is 53.8 Å². The molecule has 2 saturated carbocycles. The number of phenolic OH excluding ortho intramolecular Hbond substituents is 1. The number of hydrogen-bond acceptors (Lipinski definition) is 20. The Balaban J connectivity index is 0.000000172. The molecule has 0 spiro atoms. The van der Waals surface area contributed by atoms with Crippen LogP contribution in [0.4, 0.5) is 28.6 Å². The molecule has 2 fully saturated rings. The first-order chi connectivity index (χ1) is 62.0. The molecule has 14 rings (SSSR count). The molecule has 0 saturated heterocycles. The molecule has 2 aliphatic rings. The van der Waals surface area contributed by atoms with E-state index in [1.807, 2.05) is 156 Å². The maximum atomic E-state index is 13.6. The van der Waals surface area contributed by atoms with Gasteiger partial charge in [-0.2, -0.15) is 13.2 Å². The summed E-state index contributed by atoms with van der Waals surface area (Å²) in [4.78, 5) is 51.6. The number of esters is 2. The SMILES string of the molecule is CC(C)OC(=O)[C@H]1CCCC(Oc2ccc(-c3nnn(C)c3CCc3ccccc3)cc2)C1.CC(C)OC(=O)[C@H]1CCC[C@H](Oc2ccc(C#CCNC(=O)OC(C)(C)C)nc2C(F)(F)F)C1.Cc1ccc(-c2nnn(C)c2CCc2ccccc2)cc1.Cc1ccc(-c2nnn(C)c2NC(=O)OC(C)(C)C)cc1.Cn1nnc(-c2ccc(O)cc2)c1CCc1ccccc1. The minimum Gasteiger partial charge on any atom is -0.508 e. The van der Waals surface area contributed by atoms with Gasteiger partial charge < -0.3 is 38.8 Å². The maximum Gasteiger partial charge on any atom is 0.437 e. The first kappa shape index (κ1) is 98.7. The van der Waals surface area contributed by atoms with Gasteiger partial charge in [0.2, 0.25) is 0 Å². The van der Waals surface area contributed by atoms with Gasteiger partial charge in [0.05, 0.1) is 59.9 Å². The van der Waals surface area contributed by atoms with Crippen molar-refractivity contribution in [3.8, 4) is 74.1 Å². The summed E-state index contributed by atoms with van der Waals surface area (Å²) in [6.45, 7) is 21.8. The lowest BCUT2D eigenvalue weighted by Crippen LogP contribution is -2.32. The van der Waals surface area contributed by atoms with E-state index in [9.17, 15) is 37.5 Å². The smallest absolute Gasteiger partial charge is 0.437 e. The number of pyridine rings is 1. The van der Waals surface area contributed by atoms with E-state index in [0.29, 0.717) is 37.2 Å². The van der Waals surface area contributed by atoms with Crippen molar-refractivity contribution in [2.45, 2.75) is 215 Å². The predicted octanol–water partition coefficient (Wildman–Crippen LogP) is 19.7. The number of phenols is 1. The van der Waals surface area contributed by atoms with Crippen molar-refractivity contribution in [2.75, 3.05) is 11.9 Å². The summed E-state index contributed by atoms with van der Waals surface area (Å²) in [6.07, 6.45) is 4.34. The van der Waals surface area contributed by atoms with Crippen LogP contribution in [0.1, 0.15) is 177 Å². The number of alkyl halides is 3. The molecule has 0 bridgehead atoms. The molecule has 12 aromatic rings. The summed E-state index contributed by atoms with van der Waals surface area (Å²) in [7, 11) is 7.54. The van der Waals surface area contributed by atoms with Crippen LogP contribution in [0.3, 0.4) is 0 Å². The molecule has 7 aromatic carbocycles. The third-order valence-electron chi connectivity index (χ3n) is 21.0. The number of aromatic nitrogens is 13. The number of benzene rings is 7. The molecule has 3 N–H and O–H groups in total. The topological polar surface area (TPSA) is 304 Å². The highest BCUT2D eigenvalue weighted by Crippen LogP contribution is 2.39. The number of carbonyl (C=O) groups excluding carboxylic acids is 4. The van der Waals surface area contributed by atoms with E-state index in [-0.39, 0.29) is 60.6 Å². The van der Waals surface area contributed by atoms with Crippen molar-refractivity contribution in [1.29, 1.82) is 0 Å². The normalized spacial score (nSPS) is 14.8. The van der Waals surface area contributed by atoms with Gasteiger partial charge in [-0.1, -0.05) is 177 Å². The molecule has 5 heterocycles. The quantitative estimate of drug-likeness (QED) is 0.0304. The number of ether oxygens (including phenoxy) is 6. The zero-order valence-electron chi connectivity index (χ0n) is 77.1. The molecule has 26 nitrogen and oxygen atoms in total. The Hall–Kier alpha value is -13.5. The summed E-state index contributed by atoms with van der Waals surface area (Å²) in [6, 6.07) is 65.3. The summed E-state index contributed by atoms with van der Waals surface area (Å²) >= 11 is 0. The first-order valence-electron chi connectivity index (χ1n) is 44.0. The number of halogens is 3. The Bertz CT molecular complexity index is 5530. The molecule has 0 aliphatic heterocycles. The number of carbonyl (C=O) groups is 4. The molecular weight excluding hydrogens is 1660 g/mol. The molecule has 2 aliphatic carbocycles. The van der Waals surface area contributed by atoms with Gasteiger partial charge in [0.1, 0.15) is 51.2 Å². The Kier molecular flexibility index (Phi) is 35.7. The number of nitrogens with zero attached hydrogens (tertiary/aromatic N) is 13. The van der Waals surface area contributed by atoms with Crippen molar-refractivity contribution in [1.82, 2.24) is 70.3 Å². The average molecular weight is 1780 g/mol. The van der Waals surface area contributed by atoms with E-state index in [4.69, 9.17) is 28.4 Å². The van der Waals surface area contributed by atoms with E-state index >= 15 is 0 Å². The molecule has 130 heavy (non-hydrogen) atoms. The largest absolute Gasteiger partial charge is 0.508 e. The Labute approximate surface area is 759 Å². The number of amides is 2. The number of aryl methyl sites for hydroxylation is 9. The molecule has 29 heteroatoms. The number of aromatic hydroxyl groups is 1. The van der Waals surface area contributed by atoms with Crippen LogP contribution in [0.15, 0.2) is 200 Å². The summed E-state index contributed by atoms with van der Waals surface area (Å²) in [5, 5.41) is 48.2. The molecule has 1 unspecified atom stereocenters.